The lowest BCUT2D eigenvalue weighted by atomic mass is 10.1. The van der Waals surface area contributed by atoms with Gasteiger partial charge in [-0.3, -0.25) is 0 Å². The van der Waals surface area contributed by atoms with Gasteiger partial charge in [0, 0.05) is 22.2 Å². The molecular formula is C16H11NO3S. The van der Waals surface area contributed by atoms with Crippen molar-refractivity contribution in [3.05, 3.63) is 50.8 Å². The van der Waals surface area contributed by atoms with E-state index in [0.717, 1.165) is 26.9 Å². The molecule has 0 aliphatic rings. The zero-order valence-electron chi connectivity index (χ0n) is 11.5. The number of thiazole rings is 1. The Bertz CT molecular complexity index is 1040. The van der Waals surface area contributed by atoms with Gasteiger partial charge in [0.25, 0.3) is 0 Å². The average molecular weight is 297 g/mol. The zero-order valence-corrected chi connectivity index (χ0v) is 12.3. The van der Waals surface area contributed by atoms with Gasteiger partial charge in [0.05, 0.1) is 22.5 Å². The molecule has 0 fully saturated rings. The molecule has 5 heteroatoms. The molecule has 0 aliphatic heterocycles. The number of fused-ring (bicyclic) bond motifs is 2. The molecule has 0 N–H and O–H groups in total. The van der Waals surface area contributed by atoms with Gasteiger partial charge in [0.15, 0.2) is 0 Å². The summed E-state index contributed by atoms with van der Waals surface area (Å²) in [4.78, 5) is 16.5. The van der Waals surface area contributed by atoms with Crippen molar-refractivity contribution in [1.82, 2.24) is 4.98 Å². The number of rotatable bonds is 1. The molecule has 0 unspecified atom stereocenters. The van der Waals surface area contributed by atoms with Crippen LogP contribution in [-0.2, 0) is 0 Å². The molecule has 4 nitrogen and oxygen atoms in total. The van der Waals surface area contributed by atoms with Crippen LogP contribution in [0, 0.1) is 13.8 Å². The minimum Gasteiger partial charge on any atom is -0.464 e. The van der Waals surface area contributed by atoms with Crippen molar-refractivity contribution in [3.63, 3.8) is 0 Å². The Balaban J connectivity index is 2.05. The van der Waals surface area contributed by atoms with Crippen molar-refractivity contribution in [3.8, 4) is 11.3 Å². The van der Waals surface area contributed by atoms with Gasteiger partial charge in [-0.25, -0.2) is 9.78 Å². The number of aryl methyl sites for hydroxylation is 2. The molecule has 4 rings (SSSR count). The molecule has 104 valence electrons. The van der Waals surface area contributed by atoms with Crippen LogP contribution in [-0.4, -0.2) is 4.98 Å². The standard InChI is InChI=1S/C16H11NO3S/c1-8-6-19-15-5-14-10(3-11(8)15)4-12(16(18)20-14)13-7-21-9(2)17-13/h3-7H,1-2H3. The van der Waals surface area contributed by atoms with Crippen LogP contribution in [0.15, 0.2) is 43.5 Å². The van der Waals surface area contributed by atoms with E-state index in [0.29, 0.717) is 16.8 Å². The Morgan fingerprint density at radius 1 is 1.14 bits per heavy atom. The Morgan fingerprint density at radius 2 is 2.00 bits per heavy atom. The van der Waals surface area contributed by atoms with E-state index < -0.39 is 0 Å². The van der Waals surface area contributed by atoms with Crippen LogP contribution in [0.5, 0.6) is 0 Å². The summed E-state index contributed by atoms with van der Waals surface area (Å²) < 4.78 is 10.9. The maximum absolute atomic E-state index is 12.2. The molecule has 0 saturated heterocycles. The lowest BCUT2D eigenvalue weighted by molar-refractivity contribution is 0.561. The molecular weight excluding hydrogens is 286 g/mol. The molecule has 3 aromatic heterocycles. The van der Waals surface area contributed by atoms with Gasteiger partial charge in [-0.15, -0.1) is 11.3 Å². The maximum Gasteiger partial charge on any atom is 0.345 e. The van der Waals surface area contributed by atoms with Crippen LogP contribution in [0.1, 0.15) is 10.6 Å². The van der Waals surface area contributed by atoms with Crippen molar-refractivity contribution in [2.75, 3.05) is 0 Å². The molecule has 0 atom stereocenters. The molecule has 0 spiro atoms. The highest BCUT2D eigenvalue weighted by atomic mass is 32.1. The summed E-state index contributed by atoms with van der Waals surface area (Å²) in [6, 6.07) is 5.58. The molecule has 0 amide bonds. The topological polar surface area (TPSA) is 56.2 Å². The van der Waals surface area contributed by atoms with Crippen molar-refractivity contribution in [1.29, 1.82) is 0 Å². The van der Waals surface area contributed by atoms with E-state index in [1.807, 2.05) is 31.4 Å². The molecule has 0 saturated carbocycles. The van der Waals surface area contributed by atoms with Crippen LogP contribution in [0.2, 0.25) is 0 Å². The molecule has 0 aliphatic carbocycles. The minimum atomic E-state index is -0.379. The molecule has 1 aromatic carbocycles. The Morgan fingerprint density at radius 3 is 2.76 bits per heavy atom. The number of aromatic nitrogens is 1. The largest absolute Gasteiger partial charge is 0.464 e. The highest BCUT2D eigenvalue weighted by Crippen LogP contribution is 2.28. The first kappa shape index (κ1) is 12.3. The summed E-state index contributed by atoms with van der Waals surface area (Å²) in [5, 5.41) is 4.68. The first-order valence-electron chi connectivity index (χ1n) is 6.50. The van der Waals surface area contributed by atoms with Gasteiger partial charge in [-0.1, -0.05) is 0 Å². The number of hydrogen-bond donors (Lipinski definition) is 0. The molecule has 21 heavy (non-hydrogen) atoms. The summed E-state index contributed by atoms with van der Waals surface area (Å²) >= 11 is 1.51. The molecule has 3 heterocycles. The predicted octanol–water partition coefficient (Wildman–Crippen LogP) is 4.28. The summed E-state index contributed by atoms with van der Waals surface area (Å²) in [6.45, 7) is 3.90. The Hall–Kier alpha value is -2.40. The number of nitrogens with zero attached hydrogens (tertiary/aromatic N) is 1. The molecule has 0 radical (unpaired) electrons. The summed E-state index contributed by atoms with van der Waals surface area (Å²) in [6.07, 6.45) is 1.70. The van der Waals surface area contributed by atoms with E-state index in [2.05, 4.69) is 4.98 Å². The quantitative estimate of drug-likeness (QED) is 0.492. The van der Waals surface area contributed by atoms with E-state index in [4.69, 9.17) is 8.83 Å². The van der Waals surface area contributed by atoms with Gasteiger partial charge in [0.1, 0.15) is 11.2 Å². The minimum absolute atomic E-state index is 0.379. The number of benzene rings is 1. The Labute approximate surface area is 123 Å². The molecule has 0 bridgehead atoms. The second-order valence-corrected chi connectivity index (χ2v) is 6.07. The van der Waals surface area contributed by atoms with Crippen LogP contribution < -0.4 is 5.63 Å². The van der Waals surface area contributed by atoms with E-state index in [1.54, 1.807) is 12.3 Å². The van der Waals surface area contributed by atoms with Gasteiger partial charge >= 0.3 is 5.63 Å². The van der Waals surface area contributed by atoms with Crippen LogP contribution in [0.25, 0.3) is 33.2 Å². The zero-order chi connectivity index (χ0) is 14.6. The van der Waals surface area contributed by atoms with Crippen molar-refractivity contribution >= 4 is 33.3 Å². The SMILES string of the molecule is Cc1nc(-c2cc3cc4c(C)coc4cc3oc2=O)cs1. The van der Waals surface area contributed by atoms with Gasteiger partial charge in [-0.2, -0.15) is 0 Å². The normalized spacial score (nSPS) is 11.5. The lowest BCUT2D eigenvalue weighted by Gasteiger charge is -2.00. The van der Waals surface area contributed by atoms with E-state index in [1.165, 1.54) is 11.3 Å². The fourth-order valence-corrected chi connectivity index (χ4v) is 3.05. The van der Waals surface area contributed by atoms with Crippen molar-refractivity contribution in [2.24, 2.45) is 0 Å². The number of hydrogen-bond acceptors (Lipinski definition) is 5. The van der Waals surface area contributed by atoms with Gasteiger partial charge < -0.3 is 8.83 Å². The van der Waals surface area contributed by atoms with E-state index >= 15 is 0 Å². The smallest absolute Gasteiger partial charge is 0.345 e. The second kappa shape index (κ2) is 4.30. The summed E-state index contributed by atoms with van der Waals surface area (Å²) in [5.41, 5.74) is 3.09. The number of furan rings is 1. The van der Waals surface area contributed by atoms with Gasteiger partial charge in [-0.05, 0) is 31.5 Å². The second-order valence-electron chi connectivity index (χ2n) is 5.00. The third-order valence-electron chi connectivity index (χ3n) is 3.52. The fraction of sp³-hybridized carbons (Fsp3) is 0.125. The summed E-state index contributed by atoms with van der Waals surface area (Å²) in [7, 11) is 0. The summed E-state index contributed by atoms with van der Waals surface area (Å²) in [5.74, 6) is 0. The van der Waals surface area contributed by atoms with Crippen molar-refractivity contribution in [2.45, 2.75) is 13.8 Å². The highest BCUT2D eigenvalue weighted by molar-refractivity contribution is 7.09. The first-order chi connectivity index (χ1) is 10.1. The van der Waals surface area contributed by atoms with E-state index in [-0.39, 0.29) is 5.63 Å². The van der Waals surface area contributed by atoms with Crippen LogP contribution in [0.4, 0.5) is 0 Å². The van der Waals surface area contributed by atoms with E-state index in [9.17, 15) is 4.79 Å². The lowest BCUT2D eigenvalue weighted by Crippen LogP contribution is -2.02. The van der Waals surface area contributed by atoms with Gasteiger partial charge in [0.2, 0.25) is 0 Å². The third kappa shape index (κ3) is 1.89. The predicted molar refractivity (Wildman–Crippen MR) is 82.8 cm³/mol. The maximum atomic E-state index is 12.2. The van der Waals surface area contributed by atoms with Crippen molar-refractivity contribution < 1.29 is 8.83 Å². The molecule has 4 aromatic rings. The monoisotopic (exact) mass is 297 g/mol. The van der Waals surface area contributed by atoms with Crippen LogP contribution in [0.3, 0.4) is 0 Å². The average Bonchev–Trinajstić information content (AvgIpc) is 3.03. The van der Waals surface area contributed by atoms with Crippen LogP contribution >= 0.6 is 11.3 Å². The Kier molecular flexibility index (Phi) is 2.53. The highest BCUT2D eigenvalue weighted by Gasteiger charge is 2.12. The first-order valence-corrected chi connectivity index (χ1v) is 7.38. The fourth-order valence-electron chi connectivity index (χ4n) is 2.44. The third-order valence-corrected chi connectivity index (χ3v) is 4.29.